The van der Waals surface area contributed by atoms with E-state index < -0.39 is 0 Å². The molecule has 0 fully saturated rings. The van der Waals surface area contributed by atoms with Gasteiger partial charge in [0, 0.05) is 22.7 Å². The molecule has 0 unspecified atom stereocenters. The zero-order valence-electron chi connectivity index (χ0n) is 11.7. The number of thiazole rings is 1. The number of ether oxygens (including phenoxy) is 1. The van der Waals surface area contributed by atoms with Gasteiger partial charge in [-0.25, -0.2) is 9.37 Å². The highest BCUT2D eigenvalue weighted by molar-refractivity contribution is 8.93. The normalized spacial score (nSPS) is 9.91. The molecular formula is C16H14BrFN2OS. The van der Waals surface area contributed by atoms with E-state index in [1.54, 1.807) is 19.2 Å². The number of benzene rings is 2. The summed E-state index contributed by atoms with van der Waals surface area (Å²) in [6, 6.07) is 14.0. The topological polar surface area (TPSA) is 34.1 Å². The molecule has 0 saturated carbocycles. The van der Waals surface area contributed by atoms with Crippen LogP contribution in [0.4, 0.5) is 15.2 Å². The molecule has 0 amide bonds. The number of rotatable bonds is 4. The van der Waals surface area contributed by atoms with Crippen LogP contribution in [0.15, 0.2) is 53.9 Å². The van der Waals surface area contributed by atoms with Crippen molar-refractivity contribution >= 4 is 39.1 Å². The Morgan fingerprint density at radius 2 is 1.91 bits per heavy atom. The number of aromatic nitrogens is 1. The van der Waals surface area contributed by atoms with E-state index in [1.165, 1.54) is 23.5 Å². The molecule has 0 aliphatic rings. The van der Waals surface area contributed by atoms with Crippen molar-refractivity contribution in [1.29, 1.82) is 0 Å². The van der Waals surface area contributed by atoms with Crippen molar-refractivity contribution in [2.75, 3.05) is 12.4 Å². The van der Waals surface area contributed by atoms with Gasteiger partial charge in [0.25, 0.3) is 0 Å². The molecule has 0 bridgehead atoms. The van der Waals surface area contributed by atoms with E-state index in [1.807, 2.05) is 29.6 Å². The van der Waals surface area contributed by atoms with Gasteiger partial charge in [0.15, 0.2) is 5.13 Å². The minimum Gasteiger partial charge on any atom is -0.497 e. The van der Waals surface area contributed by atoms with Gasteiger partial charge in [-0.15, -0.1) is 28.3 Å². The number of halogens is 2. The fourth-order valence-electron chi connectivity index (χ4n) is 1.91. The van der Waals surface area contributed by atoms with E-state index >= 15 is 0 Å². The minimum absolute atomic E-state index is 0. The zero-order valence-corrected chi connectivity index (χ0v) is 14.3. The molecule has 0 aliphatic carbocycles. The second kappa shape index (κ2) is 7.38. The summed E-state index contributed by atoms with van der Waals surface area (Å²) in [6.45, 7) is 0. The predicted octanol–water partition coefficient (Wildman–Crippen LogP) is 5.28. The molecule has 114 valence electrons. The Hall–Kier alpha value is -1.92. The maximum absolute atomic E-state index is 12.9. The molecule has 3 nitrogen and oxygen atoms in total. The molecule has 1 aromatic heterocycles. The van der Waals surface area contributed by atoms with Crippen LogP contribution < -0.4 is 10.1 Å². The van der Waals surface area contributed by atoms with Gasteiger partial charge in [0.1, 0.15) is 11.6 Å². The summed E-state index contributed by atoms with van der Waals surface area (Å²) in [5, 5.41) is 5.95. The second-order valence-corrected chi connectivity index (χ2v) is 5.26. The van der Waals surface area contributed by atoms with Crippen LogP contribution in [-0.4, -0.2) is 12.1 Å². The molecule has 0 aliphatic heterocycles. The van der Waals surface area contributed by atoms with Crippen molar-refractivity contribution in [3.8, 4) is 17.0 Å². The Labute approximate surface area is 142 Å². The van der Waals surface area contributed by atoms with E-state index in [2.05, 4.69) is 10.3 Å². The fourth-order valence-corrected chi connectivity index (χ4v) is 2.65. The number of hydrogen-bond donors (Lipinski definition) is 1. The first-order valence-corrected chi connectivity index (χ1v) is 7.25. The monoisotopic (exact) mass is 380 g/mol. The highest BCUT2D eigenvalue weighted by Gasteiger charge is 2.05. The van der Waals surface area contributed by atoms with E-state index in [9.17, 15) is 4.39 Å². The highest BCUT2D eigenvalue weighted by Crippen LogP contribution is 2.28. The Kier molecular flexibility index (Phi) is 5.51. The van der Waals surface area contributed by atoms with Gasteiger partial charge in [-0.2, -0.15) is 0 Å². The first-order chi connectivity index (χ1) is 10.2. The van der Waals surface area contributed by atoms with Crippen molar-refractivity contribution in [3.05, 3.63) is 59.7 Å². The first kappa shape index (κ1) is 16.5. The lowest BCUT2D eigenvalue weighted by atomic mass is 10.2. The predicted molar refractivity (Wildman–Crippen MR) is 94.1 cm³/mol. The lowest BCUT2D eigenvalue weighted by molar-refractivity contribution is 0.415. The molecule has 0 spiro atoms. The van der Waals surface area contributed by atoms with Gasteiger partial charge in [0.05, 0.1) is 12.8 Å². The van der Waals surface area contributed by atoms with Gasteiger partial charge in [-0.05, 0) is 36.4 Å². The smallest absolute Gasteiger partial charge is 0.187 e. The molecule has 6 heteroatoms. The molecule has 0 saturated heterocycles. The largest absolute Gasteiger partial charge is 0.497 e. The van der Waals surface area contributed by atoms with Crippen molar-refractivity contribution in [2.24, 2.45) is 0 Å². The molecule has 0 atom stereocenters. The Morgan fingerprint density at radius 3 is 2.64 bits per heavy atom. The zero-order chi connectivity index (χ0) is 14.7. The van der Waals surface area contributed by atoms with Crippen molar-refractivity contribution in [3.63, 3.8) is 0 Å². The summed E-state index contributed by atoms with van der Waals surface area (Å²) in [5.41, 5.74) is 2.63. The summed E-state index contributed by atoms with van der Waals surface area (Å²) in [5.74, 6) is 0.541. The third-order valence-electron chi connectivity index (χ3n) is 2.97. The highest BCUT2D eigenvalue weighted by atomic mass is 79.9. The molecular weight excluding hydrogens is 367 g/mol. The summed E-state index contributed by atoms with van der Waals surface area (Å²) in [6.07, 6.45) is 0. The van der Waals surface area contributed by atoms with Gasteiger partial charge < -0.3 is 10.1 Å². The SMILES string of the molecule is Br.COc1cccc(Nc2nc(-c3ccc(F)cc3)cs2)c1. The minimum atomic E-state index is -0.247. The number of nitrogens with one attached hydrogen (secondary N) is 1. The Morgan fingerprint density at radius 1 is 1.14 bits per heavy atom. The molecule has 22 heavy (non-hydrogen) atoms. The van der Waals surface area contributed by atoms with Gasteiger partial charge in [-0.1, -0.05) is 6.07 Å². The number of nitrogens with zero attached hydrogens (tertiary/aromatic N) is 1. The molecule has 1 heterocycles. The van der Waals surface area contributed by atoms with Crippen LogP contribution in [0.5, 0.6) is 5.75 Å². The maximum atomic E-state index is 12.9. The first-order valence-electron chi connectivity index (χ1n) is 6.37. The van der Waals surface area contributed by atoms with Crippen LogP contribution in [0.3, 0.4) is 0 Å². The van der Waals surface area contributed by atoms with Crippen LogP contribution in [0.25, 0.3) is 11.3 Å². The van der Waals surface area contributed by atoms with Crippen molar-refractivity contribution in [1.82, 2.24) is 4.98 Å². The van der Waals surface area contributed by atoms with E-state index in [0.29, 0.717) is 0 Å². The van der Waals surface area contributed by atoms with Gasteiger partial charge in [-0.3, -0.25) is 0 Å². The maximum Gasteiger partial charge on any atom is 0.187 e. The van der Waals surface area contributed by atoms with Crippen LogP contribution in [0.1, 0.15) is 0 Å². The standard InChI is InChI=1S/C16H13FN2OS.BrH/c1-20-14-4-2-3-13(9-14)18-16-19-15(10-21-16)11-5-7-12(17)8-6-11;/h2-10H,1H3,(H,18,19);1H. The van der Waals surface area contributed by atoms with E-state index in [-0.39, 0.29) is 22.8 Å². The van der Waals surface area contributed by atoms with Crippen molar-refractivity contribution in [2.45, 2.75) is 0 Å². The lowest BCUT2D eigenvalue weighted by Gasteiger charge is -2.04. The molecule has 1 N–H and O–H groups in total. The fraction of sp³-hybridized carbons (Fsp3) is 0.0625. The average molecular weight is 381 g/mol. The third-order valence-corrected chi connectivity index (χ3v) is 3.72. The molecule has 3 aromatic rings. The van der Waals surface area contributed by atoms with Crippen molar-refractivity contribution < 1.29 is 9.13 Å². The lowest BCUT2D eigenvalue weighted by Crippen LogP contribution is -1.90. The Balaban J connectivity index is 0.00000176. The summed E-state index contributed by atoms with van der Waals surface area (Å²) in [7, 11) is 1.63. The quantitative estimate of drug-likeness (QED) is 0.668. The summed E-state index contributed by atoms with van der Waals surface area (Å²) >= 11 is 1.50. The molecule has 0 radical (unpaired) electrons. The number of methoxy groups -OCH3 is 1. The summed E-state index contributed by atoms with van der Waals surface area (Å²) < 4.78 is 18.1. The van der Waals surface area contributed by atoms with E-state index in [0.717, 1.165) is 27.8 Å². The molecule has 3 rings (SSSR count). The van der Waals surface area contributed by atoms with Gasteiger partial charge in [0.2, 0.25) is 0 Å². The third kappa shape index (κ3) is 3.84. The van der Waals surface area contributed by atoms with Crippen LogP contribution in [0.2, 0.25) is 0 Å². The van der Waals surface area contributed by atoms with Crippen LogP contribution in [0, 0.1) is 5.82 Å². The molecule has 2 aromatic carbocycles. The van der Waals surface area contributed by atoms with Crippen LogP contribution in [-0.2, 0) is 0 Å². The Bertz CT molecular complexity index is 746. The number of anilines is 2. The second-order valence-electron chi connectivity index (χ2n) is 4.40. The van der Waals surface area contributed by atoms with Crippen LogP contribution >= 0.6 is 28.3 Å². The van der Waals surface area contributed by atoms with E-state index in [4.69, 9.17) is 4.74 Å². The summed E-state index contributed by atoms with van der Waals surface area (Å²) in [4.78, 5) is 4.51. The number of hydrogen-bond acceptors (Lipinski definition) is 4. The van der Waals surface area contributed by atoms with Gasteiger partial charge >= 0.3 is 0 Å². The average Bonchev–Trinajstić information content (AvgIpc) is 2.96.